The molecule has 1 rings (SSSR count). The quantitative estimate of drug-likeness (QED) is 0.719. The number of carboxylic acid groups (broad SMARTS) is 1. The number of ether oxygens (including phenoxy) is 1. The Bertz CT molecular complexity index is 383. The van der Waals surface area contributed by atoms with E-state index in [9.17, 15) is 14.4 Å². The molecule has 1 aliphatic rings. The van der Waals surface area contributed by atoms with Crippen LogP contribution in [0.25, 0.3) is 0 Å². The molecule has 1 aliphatic heterocycles. The molecule has 2 amide bonds. The molecular weight excluding hydrogens is 264 g/mol. The summed E-state index contributed by atoms with van der Waals surface area (Å²) in [6.45, 7) is 4.48. The maximum atomic E-state index is 11.9. The van der Waals surface area contributed by atoms with Gasteiger partial charge in [-0.05, 0) is 12.3 Å². The molecule has 2 unspecified atom stereocenters. The molecule has 7 heteroatoms. The van der Waals surface area contributed by atoms with Crippen molar-refractivity contribution >= 4 is 18.0 Å². The average molecular weight is 286 g/mol. The second-order valence-corrected chi connectivity index (χ2v) is 5.33. The monoisotopic (exact) mass is 286 g/mol. The van der Waals surface area contributed by atoms with E-state index < -0.39 is 11.9 Å². The molecule has 0 radical (unpaired) electrons. The van der Waals surface area contributed by atoms with Gasteiger partial charge in [0.1, 0.15) is 0 Å². The molecule has 1 fully saturated rings. The number of likely N-dealkylation sites (tertiary alicyclic amines) is 1. The molecule has 0 saturated carbocycles. The van der Waals surface area contributed by atoms with Crippen molar-refractivity contribution in [2.24, 2.45) is 17.8 Å². The zero-order valence-electron chi connectivity index (χ0n) is 12.1. The van der Waals surface area contributed by atoms with Crippen molar-refractivity contribution in [1.29, 1.82) is 0 Å². The minimum atomic E-state index is -0.922. The van der Waals surface area contributed by atoms with Gasteiger partial charge in [0.25, 0.3) is 0 Å². The second kappa shape index (κ2) is 7.12. The van der Waals surface area contributed by atoms with Crippen molar-refractivity contribution in [3.63, 3.8) is 0 Å². The standard InChI is InChI=1S/C13H22N2O5/c1-8(2)10(11(16)17)6-14-13(19)15-5-4-9(7-15)12(18)20-3/h8-10H,4-7H2,1-3H3,(H,14,19)(H,16,17). The summed E-state index contributed by atoms with van der Waals surface area (Å²) in [7, 11) is 1.32. The van der Waals surface area contributed by atoms with Crippen LogP contribution in [-0.4, -0.2) is 54.7 Å². The van der Waals surface area contributed by atoms with E-state index >= 15 is 0 Å². The maximum Gasteiger partial charge on any atom is 0.317 e. The molecule has 2 atom stereocenters. The highest BCUT2D eigenvalue weighted by Gasteiger charge is 2.32. The van der Waals surface area contributed by atoms with Gasteiger partial charge in [0.15, 0.2) is 0 Å². The summed E-state index contributed by atoms with van der Waals surface area (Å²) in [5.41, 5.74) is 0. The van der Waals surface area contributed by atoms with Crippen molar-refractivity contribution in [1.82, 2.24) is 10.2 Å². The number of amides is 2. The predicted octanol–water partition coefficient (Wildman–Crippen LogP) is 0.548. The molecule has 20 heavy (non-hydrogen) atoms. The number of nitrogens with one attached hydrogen (secondary N) is 1. The van der Waals surface area contributed by atoms with Crippen LogP contribution in [0.15, 0.2) is 0 Å². The zero-order valence-corrected chi connectivity index (χ0v) is 12.1. The Balaban J connectivity index is 2.44. The van der Waals surface area contributed by atoms with E-state index in [0.717, 1.165) is 0 Å². The van der Waals surface area contributed by atoms with Crippen molar-refractivity contribution in [3.05, 3.63) is 0 Å². The first-order valence-electron chi connectivity index (χ1n) is 6.70. The van der Waals surface area contributed by atoms with E-state index in [2.05, 4.69) is 10.1 Å². The average Bonchev–Trinajstić information content (AvgIpc) is 2.86. The lowest BCUT2D eigenvalue weighted by atomic mass is 9.96. The van der Waals surface area contributed by atoms with E-state index in [1.165, 1.54) is 12.0 Å². The fourth-order valence-corrected chi connectivity index (χ4v) is 2.22. The third-order valence-electron chi connectivity index (χ3n) is 3.61. The number of carbonyl (C=O) groups is 3. The van der Waals surface area contributed by atoms with Crippen molar-refractivity contribution < 1.29 is 24.2 Å². The molecule has 1 saturated heterocycles. The van der Waals surface area contributed by atoms with E-state index in [0.29, 0.717) is 19.5 Å². The van der Waals surface area contributed by atoms with Crippen LogP contribution in [0.5, 0.6) is 0 Å². The largest absolute Gasteiger partial charge is 0.481 e. The Hall–Kier alpha value is -1.79. The number of aliphatic carboxylic acids is 1. The first-order chi connectivity index (χ1) is 9.36. The van der Waals surface area contributed by atoms with Crippen molar-refractivity contribution in [2.45, 2.75) is 20.3 Å². The van der Waals surface area contributed by atoms with Gasteiger partial charge in [-0.25, -0.2) is 4.79 Å². The van der Waals surface area contributed by atoms with Gasteiger partial charge in [-0.2, -0.15) is 0 Å². The van der Waals surface area contributed by atoms with Crippen LogP contribution < -0.4 is 5.32 Å². The summed E-state index contributed by atoms with van der Waals surface area (Å²) < 4.78 is 4.65. The highest BCUT2D eigenvalue weighted by molar-refractivity contribution is 5.79. The van der Waals surface area contributed by atoms with Gasteiger partial charge in [-0.1, -0.05) is 13.8 Å². The van der Waals surface area contributed by atoms with Crippen LogP contribution >= 0.6 is 0 Å². The van der Waals surface area contributed by atoms with Crippen LogP contribution in [0.2, 0.25) is 0 Å². The molecular formula is C13H22N2O5. The molecule has 0 spiro atoms. The Morgan fingerprint density at radius 1 is 1.40 bits per heavy atom. The van der Waals surface area contributed by atoms with E-state index in [-0.39, 0.29) is 30.4 Å². The van der Waals surface area contributed by atoms with Crippen LogP contribution in [0.4, 0.5) is 4.79 Å². The molecule has 7 nitrogen and oxygen atoms in total. The van der Waals surface area contributed by atoms with Gasteiger partial charge in [0, 0.05) is 19.6 Å². The van der Waals surface area contributed by atoms with Crippen LogP contribution in [0, 0.1) is 17.8 Å². The highest BCUT2D eigenvalue weighted by atomic mass is 16.5. The summed E-state index contributed by atoms with van der Waals surface area (Å²) in [5.74, 6) is -2.20. The first-order valence-corrected chi connectivity index (χ1v) is 6.70. The lowest BCUT2D eigenvalue weighted by Crippen LogP contribution is -2.43. The number of carbonyl (C=O) groups excluding carboxylic acids is 2. The minimum Gasteiger partial charge on any atom is -0.481 e. The number of methoxy groups -OCH3 is 1. The number of nitrogens with zero attached hydrogens (tertiary/aromatic N) is 1. The van der Waals surface area contributed by atoms with Crippen LogP contribution in [0.1, 0.15) is 20.3 Å². The van der Waals surface area contributed by atoms with Gasteiger partial charge in [0.05, 0.1) is 18.9 Å². The second-order valence-electron chi connectivity index (χ2n) is 5.33. The number of urea groups is 1. The van der Waals surface area contributed by atoms with E-state index in [1.54, 1.807) is 13.8 Å². The van der Waals surface area contributed by atoms with Crippen molar-refractivity contribution in [2.75, 3.05) is 26.7 Å². The highest BCUT2D eigenvalue weighted by Crippen LogP contribution is 2.17. The Morgan fingerprint density at radius 2 is 2.05 bits per heavy atom. The first kappa shape index (κ1) is 16.3. The van der Waals surface area contributed by atoms with Crippen molar-refractivity contribution in [3.8, 4) is 0 Å². The summed E-state index contributed by atoms with van der Waals surface area (Å²) in [5, 5.41) is 11.7. The molecule has 1 heterocycles. The van der Waals surface area contributed by atoms with Gasteiger partial charge >= 0.3 is 18.0 Å². The predicted molar refractivity (Wildman–Crippen MR) is 71.1 cm³/mol. The minimum absolute atomic E-state index is 0.0609. The third kappa shape index (κ3) is 4.11. The topological polar surface area (TPSA) is 95.9 Å². The molecule has 114 valence electrons. The summed E-state index contributed by atoms with van der Waals surface area (Å²) in [4.78, 5) is 35.8. The van der Waals surface area contributed by atoms with E-state index in [4.69, 9.17) is 5.11 Å². The Labute approximate surface area is 118 Å². The summed E-state index contributed by atoms with van der Waals surface area (Å²) in [6, 6.07) is -0.330. The zero-order chi connectivity index (χ0) is 15.3. The molecule has 2 N–H and O–H groups in total. The molecule has 0 aromatic heterocycles. The van der Waals surface area contributed by atoms with Gasteiger partial charge in [0.2, 0.25) is 0 Å². The number of esters is 1. The number of rotatable bonds is 5. The van der Waals surface area contributed by atoms with Gasteiger partial charge in [-0.15, -0.1) is 0 Å². The Kier molecular flexibility index (Phi) is 5.79. The number of hydrogen-bond donors (Lipinski definition) is 2. The molecule has 0 aromatic rings. The summed E-state index contributed by atoms with van der Waals surface area (Å²) in [6.07, 6.45) is 0.576. The van der Waals surface area contributed by atoms with Crippen LogP contribution in [-0.2, 0) is 14.3 Å². The molecule has 0 bridgehead atoms. The fourth-order valence-electron chi connectivity index (χ4n) is 2.22. The smallest absolute Gasteiger partial charge is 0.317 e. The third-order valence-corrected chi connectivity index (χ3v) is 3.61. The maximum absolute atomic E-state index is 11.9. The van der Waals surface area contributed by atoms with Gasteiger partial charge < -0.3 is 20.1 Å². The number of carboxylic acids is 1. The molecule has 0 aromatic carbocycles. The lowest BCUT2D eigenvalue weighted by molar-refractivity contribution is -0.145. The number of hydrogen-bond acceptors (Lipinski definition) is 4. The fraction of sp³-hybridized carbons (Fsp3) is 0.769. The Morgan fingerprint density at radius 3 is 2.55 bits per heavy atom. The lowest BCUT2D eigenvalue weighted by Gasteiger charge is -2.21. The van der Waals surface area contributed by atoms with E-state index in [1.807, 2.05) is 0 Å². The normalized spacial score (nSPS) is 19.8. The SMILES string of the molecule is COC(=O)C1CCN(C(=O)NCC(C(=O)O)C(C)C)C1. The molecule has 0 aliphatic carbocycles. The van der Waals surface area contributed by atoms with Crippen LogP contribution in [0.3, 0.4) is 0 Å². The van der Waals surface area contributed by atoms with Gasteiger partial charge in [-0.3, -0.25) is 9.59 Å². The summed E-state index contributed by atoms with van der Waals surface area (Å²) >= 11 is 0.